The second-order valence-corrected chi connectivity index (χ2v) is 8.05. The molecule has 4 rings (SSSR count). The van der Waals surface area contributed by atoms with E-state index in [0.29, 0.717) is 30.2 Å². The fourth-order valence-electron chi connectivity index (χ4n) is 3.50. The molecule has 4 heterocycles. The number of aryl methyl sites for hydroxylation is 2. The molecule has 8 heteroatoms. The van der Waals surface area contributed by atoms with Crippen LogP contribution in [0.4, 0.5) is 0 Å². The molecule has 7 nitrogen and oxygen atoms in total. The summed E-state index contributed by atoms with van der Waals surface area (Å²) in [5.74, 6) is -0.181. The zero-order chi connectivity index (χ0) is 19.7. The monoisotopic (exact) mass is 395 g/mol. The minimum Gasteiger partial charge on any atom is -0.349 e. The summed E-state index contributed by atoms with van der Waals surface area (Å²) in [6, 6.07) is 7.37. The van der Waals surface area contributed by atoms with Gasteiger partial charge >= 0.3 is 0 Å². The molecule has 0 saturated carbocycles. The summed E-state index contributed by atoms with van der Waals surface area (Å²) in [4.78, 5) is 36.5. The minimum absolute atomic E-state index is 0.0378. The number of fused-ring (bicyclic) bond motifs is 1. The van der Waals surface area contributed by atoms with E-state index in [1.807, 2.05) is 53.8 Å². The molecule has 1 unspecified atom stereocenters. The quantitative estimate of drug-likeness (QED) is 0.719. The summed E-state index contributed by atoms with van der Waals surface area (Å²) >= 11 is 1.39. The first-order chi connectivity index (χ1) is 13.5. The molecule has 1 aliphatic rings. The zero-order valence-corrected chi connectivity index (χ0v) is 16.6. The highest BCUT2D eigenvalue weighted by molar-refractivity contribution is 7.13. The maximum atomic E-state index is 13.0. The Bertz CT molecular complexity index is 1010. The SMILES string of the molecule is Cc1nc(C)c(C(=O)NCC2Cn3cccc3C(=O)N2Cc2cccnc2)s1. The van der Waals surface area contributed by atoms with Crippen LogP contribution in [-0.4, -0.2) is 43.8 Å². The second-order valence-electron chi connectivity index (χ2n) is 6.85. The molecule has 3 aromatic heterocycles. The molecule has 1 aliphatic heterocycles. The third-order valence-electron chi connectivity index (χ3n) is 4.84. The normalized spacial score (nSPS) is 16.1. The van der Waals surface area contributed by atoms with Crippen LogP contribution in [0.3, 0.4) is 0 Å². The van der Waals surface area contributed by atoms with Crippen molar-refractivity contribution in [3.63, 3.8) is 0 Å². The number of thiazole rings is 1. The largest absolute Gasteiger partial charge is 0.349 e. The summed E-state index contributed by atoms with van der Waals surface area (Å²) in [5, 5.41) is 3.86. The molecule has 0 saturated heterocycles. The molecule has 1 atom stereocenters. The Balaban J connectivity index is 1.53. The van der Waals surface area contributed by atoms with E-state index in [9.17, 15) is 9.59 Å². The predicted octanol–water partition coefficient (Wildman–Crippen LogP) is 2.41. The van der Waals surface area contributed by atoms with Crippen LogP contribution in [0.5, 0.6) is 0 Å². The van der Waals surface area contributed by atoms with Gasteiger partial charge in [-0.05, 0) is 37.6 Å². The Morgan fingerprint density at radius 1 is 1.32 bits per heavy atom. The summed E-state index contributed by atoms with van der Waals surface area (Å²) in [6.07, 6.45) is 5.38. The molecule has 0 aromatic carbocycles. The van der Waals surface area contributed by atoms with Crippen molar-refractivity contribution in [1.29, 1.82) is 0 Å². The van der Waals surface area contributed by atoms with E-state index in [1.165, 1.54) is 11.3 Å². The smallest absolute Gasteiger partial charge is 0.271 e. The molecular weight excluding hydrogens is 374 g/mol. The van der Waals surface area contributed by atoms with Gasteiger partial charge in [0.15, 0.2) is 0 Å². The third-order valence-corrected chi connectivity index (χ3v) is 5.91. The molecule has 2 amide bonds. The van der Waals surface area contributed by atoms with Gasteiger partial charge in [-0.2, -0.15) is 0 Å². The maximum Gasteiger partial charge on any atom is 0.271 e. The Morgan fingerprint density at radius 3 is 2.89 bits per heavy atom. The number of carbonyl (C=O) groups excluding carboxylic acids is 2. The van der Waals surface area contributed by atoms with Crippen molar-refractivity contribution in [1.82, 2.24) is 24.8 Å². The molecular formula is C20H21N5O2S. The van der Waals surface area contributed by atoms with Gasteiger partial charge in [0.1, 0.15) is 10.6 Å². The lowest BCUT2D eigenvalue weighted by molar-refractivity contribution is 0.0563. The highest BCUT2D eigenvalue weighted by Crippen LogP contribution is 2.21. The summed E-state index contributed by atoms with van der Waals surface area (Å²) in [7, 11) is 0. The number of hydrogen-bond acceptors (Lipinski definition) is 5. The lowest BCUT2D eigenvalue weighted by Gasteiger charge is -2.36. The number of nitrogens with one attached hydrogen (secondary N) is 1. The molecule has 0 bridgehead atoms. The molecule has 3 aromatic rings. The summed E-state index contributed by atoms with van der Waals surface area (Å²) in [6.45, 7) is 5.19. The van der Waals surface area contributed by atoms with E-state index in [4.69, 9.17) is 0 Å². The van der Waals surface area contributed by atoms with Crippen molar-refractivity contribution in [3.05, 3.63) is 69.7 Å². The van der Waals surface area contributed by atoms with Crippen LogP contribution in [0.15, 0.2) is 42.9 Å². The van der Waals surface area contributed by atoms with Crippen LogP contribution in [0.2, 0.25) is 0 Å². The first-order valence-electron chi connectivity index (χ1n) is 9.10. The van der Waals surface area contributed by atoms with Gasteiger partial charge < -0.3 is 14.8 Å². The first kappa shape index (κ1) is 18.4. The molecule has 1 N–H and O–H groups in total. The fourth-order valence-corrected chi connectivity index (χ4v) is 4.34. The van der Waals surface area contributed by atoms with Gasteiger partial charge in [-0.25, -0.2) is 4.98 Å². The van der Waals surface area contributed by atoms with Crippen LogP contribution < -0.4 is 5.32 Å². The fraction of sp³-hybridized carbons (Fsp3) is 0.300. The number of carbonyl (C=O) groups is 2. The number of pyridine rings is 1. The van der Waals surface area contributed by atoms with Crippen molar-refractivity contribution in [3.8, 4) is 0 Å². The van der Waals surface area contributed by atoms with Gasteiger partial charge in [-0.3, -0.25) is 14.6 Å². The number of aromatic nitrogens is 3. The molecule has 144 valence electrons. The molecule has 0 fully saturated rings. The lowest BCUT2D eigenvalue weighted by Crippen LogP contribution is -2.52. The molecule has 28 heavy (non-hydrogen) atoms. The van der Waals surface area contributed by atoms with Crippen molar-refractivity contribution < 1.29 is 9.59 Å². The van der Waals surface area contributed by atoms with Crippen molar-refractivity contribution >= 4 is 23.2 Å². The molecule has 0 radical (unpaired) electrons. The highest BCUT2D eigenvalue weighted by atomic mass is 32.1. The summed E-state index contributed by atoms with van der Waals surface area (Å²) in [5.41, 5.74) is 2.36. The van der Waals surface area contributed by atoms with Gasteiger partial charge in [-0.1, -0.05) is 6.07 Å². The molecule has 0 spiro atoms. The first-order valence-corrected chi connectivity index (χ1v) is 9.92. The van der Waals surface area contributed by atoms with E-state index < -0.39 is 0 Å². The van der Waals surface area contributed by atoms with Crippen LogP contribution in [-0.2, 0) is 13.1 Å². The van der Waals surface area contributed by atoms with E-state index >= 15 is 0 Å². The lowest BCUT2D eigenvalue weighted by atomic mass is 10.1. The predicted molar refractivity (Wildman–Crippen MR) is 106 cm³/mol. The van der Waals surface area contributed by atoms with Gasteiger partial charge in [-0.15, -0.1) is 11.3 Å². The number of amides is 2. The van der Waals surface area contributed by atoms with E-state index in [-0.39, 0.29) is 17.9 Å². The third kappa shape index (κ3) is 3.55. The number of nitrogens with zero attached hydrogens (tertiary/aromatic N) is 4. The topological polar surface area (TPSA) is 80.1 Å². The van der Waals surface area contributed by atoms with Crippen molar-refractivity contribution in [2.24, 2.45) is 0 Å². The molecule has 0 aliphatic carbocycles. The Labute approximate surface area is 167 Å². The second kappa shape index (κ2) is 7.55. The maximum absolute atomic E-state index is 13.0. The standard InChI is InChI=1S/C20H21N5O2S/c1-13-18(28-14(2)23-13)19(26)22-10-16-12-24-8-4-6-17(24)20(27)25(16)11-15-5-3-7-21-9-15/h3-9,16H,10-12H2,1-2H3,(H,22,26). The van der Waals surface area contributed by atoms with E-state index in [2.05, 4.69) is 15.3 Å². The number of hydrogen-bond donors (Lipinski definition) is 1. The summed E-state index contributed by atoms with van der Waals surface area (Å²) < 4.78 is 1.95. The van der Waals surface area contributed by atoms with Gasteiger partial charge in [0.25, 0.3) is 11.8 Å². The van der Waals surface area contributed by atoms with E-state index in [1.54, 1.807) is 12.4 Å². The van der Waals surface area contributed by atoms with E-state index in [0.717, 1.165) is 16.3 Å². The van der Waals surface area contributed by atoms with Crippen LogP contribution in [0.25, 0.3) is 0 Å². The van der Waals surface area contributed by atoms with Crippen molar-refractivity contribution in [2.75, 3.05) is 6.54 Å². The van der Waals surface area contributed by atoms with Gasteiger partial charge in [0.05, 0.1) is 16.7 Å². The average molecular weight is 395 g/mol. The van der Waals surface area contributed by atoms with Crippen LogP contribution >= 0.6 is 11.3 Å². The zero-order valence-electron chi connectivity index (χ0n) is 15.8. The van der Waals surface area contributed by atoms with Crippen LogP contribution in [0.1, 0.15) is 36.4 Å². The van der Waals surface area contributed by atoms with Crippen molar-refractivity contribution in [2.45, 2.75) is 33.0 Å². The minimum atomic E-state index is -0.147. The van der Waals surface area contributed by atoms with Gasteiger partial charge in [0.2, 0.25) is 0 Å². The Morgan fingerprint density at radius 2 is 2.18 bits per heavy atom. The number of rotatable bonds is 5. The Kier molecular flexibility index (Phi) is 4.95. The van der Waals surface area contributed by atoms with Crippen LogP contribution in [0, 0.1) is 13.8 Å². The van der Waals surface area contributed by atoms with Gasteiger partial charge in [0, 0.05) is 38.2 Å². The highest BCUT2D eigenvalue weighted by Gasteiger charge is 2.32. The average Bonchev–Trinajstić information content (AvgIpc) is 3.29. The Hall–Kier alpha value is -3.00.